The minimum atomic E-state index is -0.118. The van der Waals surface area contributed by atoms with Crippen LogP contribution in [-0.2, 0) is 14.9 Å². The van der Waals surface area contributed by atoms with Gasteiger partial charge < -0.3 is 19.7 Å². The van der Waals surface area contributed by atoms with E-state index in [2.05, 4.69) is 34.5 Å². The lowest BCUT2D eigenvalue weighted by molar-refractivity contribution is -0.124. The second-order valence-corrected chi connectivity index (χ2v) is 8.34. The molecule has 1 atom stereocenters. The van der Waals surface area contributed by atoms with E-state index in [1.54, 1.807) is 14.2 Å². The molecular formula is C25H38N2O3. The maximum absolute atomic E-state index is 12.4. The summed E-state index contributed by atoms with van der Waals surface area (Å²) in [6.07, 6.45) is 9.26. The smallest absolute Gasteiger partial charge is 0.222 e. The third-order valence-corrected chi connectivity index (χ3v) is 5.93. The van der Waals surface area contributed by atoms with E-state index in [4.69, 9.17) is 9.47 Å². The Balaban J connectivity index is 2.31. The molecule has 5 heteroatoms. The fourth-order valence-electron chi connectivity index (χ4n) is 4.06. The van der Waals surface area contributed by atoms with Gasteiger partial charge in [-0.1, -0.05) is 38.1 Å². The molecule has 1 saturated heterocycles. The monoisotopic (exact) mass is 414 g/mol. The number of allylic oxidation sites excluding steroid dienone is 3. The zero-order chi connectivity index (χ0) is 22.0. The Morgan fingerprint density at radius 2 is 2.07 bits per heavy atom. The van der Waals surface area contributed by atoms with E-state index in [1.165, 1.54) is 11.3 Å². The average Bonchev–Trinajstić information content (AvgIpc) is 2.98. The molecule has 30 heavy (non-hydrogen) atoms. The molecule has 1 aliphatic heterocycles. The van der Waals surface area contributed by atoms with Crippen molar-refractivity contribution in [3.05, 3.63) is 53.8 Å². The van der Waals surface area contributed by atoms with Crippen LogP contribution in [0.15, 0.2) is 48.2 Å². The Labute approximate surface area is 182 Å². The predicted molar refractivity (Wildman–Crippen MR) is 123 cm³/mol. The Morgan fingerprint density at radius 3 is 2.73 bits per heavy atom. The Kier molecular flexibility index (Phi) is 9.44. The first-order valence-corrected chi connectivity index (χ1v) is 10.9. The molecule has 0 bridgehead atoms. The number of amides is 1. The molecule has 0 saturated carbocycles. The molecule has 1 aromatic carbocycles. The van der Waals surface area contributed by atoms with Gasteiger partial charge in [0.15, 0.2) is 0 Å². The second kappa shape index (κ2) is 11.8. The first kappa shape index (κ1) is 24.0. The van der Waals surface area contributed by atoms with Crippen LogP contribution in [0.1, 0.15) is 45.6 Å². The van der Waals surface area contributed by atoms with Crippen molar-refractivity contribution in [2.24, 2.45) is 5.92 Å². The molecule has 0 spiro atoms. The van der Waals surface area contributed by atoms with E-state index in [-0.39, 0.29) is 17.2 Å². The summed E-state index contributed by atoms with van der Waals surface area (Å²) >= 11 is 0. The first-order chi connectivity index (χ1) is 14.5. The summed E-state index contributed by atoms with van der Waals surface area (Å²) in [5.41, 5.74) is 2.31. The normalized spacial score (nSPS) is 20.5. The van der Waals surface area contributed by atoms with Gasteiger partial charge in [-0.2, -0.15) is 0 Å². The molecule has 166 valence electrons. The summed E-state index contributed by atoms with van der Waals surface area (Å²) in [6, 6.07) is 8.32. The van der Waals surface area contributed by atoms with Crippen molar-refractivity contribution in [3.8, 4) is 5.75 Å². The van der Waals surface area contributed by atoms with E-state index in [1.807, 2.05) is 39.0 Å². The first-order valence-electron chi connectivity index (χ1n) is 10.9. The van der Waals surface area contributed by atoms with Crippen molar-refractivity contribution in [3.63, 3.8) is 0 Å². The highest BCUT2D eigenvalue weighted by molar-refractivity contribution is 5.78. The number of benzene rings is 1. The van der Waals surface area contributed by atoms with Crippen LogP contribution >= 0.6 is 0 Å². The van der Waals surface area contributed by atoms with Crippen LogP contribution in [0.25, 0.3) is 0 Å². The van der Waals surface area contributed by atoms with Gasteiger partial charge in [0.2, 0.25) is 5.91 Å². The topological polar surface area (TPSA) is 50.8 Å². The van der Waals surface area contributed by atoms with Gasteiger partial charge in [0, 0.05) is 43.8 Å². The predicted octanol–water partition coefficient (Wildman–Crippen LogP) is 4.30. The molecule has 1 N–H and O–H groups in total. The summed E-state index contributed by atoms with van der Waals surface area (Å²) in [5, 5.41) is 3.21. The summed E-state index contributed by atoms with van der Waals surface area (Å²) in [6.45, 7) is 9.04. The van der Waals surface area contributed by atoms with E-state index < -0.39 is 0 Å². The van der Waals surface area contributed by atoms with Gasteiger partial charge >= 0.3 is 0 Å². The van der Waals surface area contributed by atoms with Crippen LogP contribution in [0.3, 0.4) is 0 Å². The van der Waals surface area contributed by atoms with Crippen molar-refractivity contribution in [2.45, 2.75) is 45.4 Å². The summed E-state index contributed by atoms with van der Waals surface area (Å²) in [5.74, 6) is 0.939. The number of nitrogens with zero attached hydrogens (tertiary/aromatic N) is 1. The van der Waals surface area contributed by atoms with Gasteiger partial charge in [0.1, 0.15) is 5.75 Å². The number of hydrogen-bond donors (Lipinski definition) is 1. The van der Waals surface area contributed by atoms with Gasteiger partial charge in [0.25, 0.3) is 0 Å². The zero-order valence-corrected chi connectivity index (χ0v) is 19.2. The highest BCUT2D eigenvalue weighted by atomic mass is 16.5. The van der Waals surface area contributed by atoms with E-state index in [0.717, 1.165) is 38.1 Å². The van der Waals surface area contributed by atoms with Crippen LogP contribution < -0.4 is 10.1 Å². The summed E-state index contributed by atoms with van der Waals surface area (Å²) in [4.78, 5) is 14.8. The molecule has 1 heterocycles. The molecule has 1 fully saturated rings. The number of rotatable bonds is 9. The van der Waals surface area contributed by atoms with Crippen molar-refractivity contribution < 1.29 is 14.3 Å². The van der Waals surface area contributed by atoms with Crippen LogP contribution in [0.5, 0.6) is 5.75 Å². The quantitative estimate of drug-likeness (QED) is 0.612. The number of hydrogen-bond acceptors (Lipinski definition) is 4. The maximum atomic E-state index is 12.4. The minimum absolute atomic E-state index is 0.0216. The van der Waals surface area contributed by atoms with Gasteiger partial charge in [0.05, 0.1) is 13.7 Å². The Morgan fingerprint density at radius 1 is 1.27 bits per heavy atom. The number of carbonyl (C=O) groups excluding carboxylic acids is 1. The molecule has 1 unspecified atom stereocenters. The standard InChI is InChI=1S/C25H38N2O3/c1-6-7-11-22(18-29-4)27-15-9-13-25(14-16-27,19-26-24(28)20(2)3)21-10-8-12-23(17-21)30-5/h6-8,10-12,17,20H,9,13-16,18-19H2,1-5H3,(H,26,28)/b7-6-,22-11+. The second-order valence-electron chi connectivity index (χ2n) is 8.34. The van der Waals surface area contributed by atoms with Crippen molar-refractivity contribution >= 4 is 5.91 Å². The van der Waals surface area contributed by atoms with Crippen molar-refractivity contribution in [2.75, 3.05) is 40.5 Å². The number of carbonyl (C=O) groups is 1. The van der Waals surface area contributed by atoms with Crippen LogP contribution in [0, 0.1) is 5.92 Å². The molecule has 1 aliphatic rings. The van der Waals surface area contributed by atoms with Crippen molar-refractivity contribution in [1.29, 1.82) is 0 Å². The van der Waals surface area contributed by atoms with Gasteiger partial charge in [-0.05, 0) is 50.0 Å². The molecule has 1 aromatic rings. The number of methoxy groups -OCH3 is 2. The lowest BCUT2D eigenvalue weighted by Gasteiger charge is -2.34. The van der Waals surface area contributed by atoms with Gasteiger partial charge in [-0.15, -0.1) is 0 Å². The number of nitrogens with one attached hydrogen (secondary N) is 1. The molecule has 1 amide bonds. The number of ether oxygens (including phenoxy) is 2. The zero-order valence-electron chi connectivity index (χ0n) is 19.2. The Hall–Kier alpha value is -2.27. The highest BCUT2D eigenvalue weighted by Crippen LogP contribution is 2.37. The van der Waals surface area contributed by atoms with Crippen LogP contribution in [-0.4, -0.2) is 51.3 Å². The largest absolute Gasteiger partial charge is 0.497 e. The molecule has 0 aromatic heterocycles. The fourth-order valence-corrected chi connectivity index (χ4v) is 4.06. The number of likely N-dealkylation sites (tertiary alicyclic amines) is 1. The van der Waals surface area contributed by atoms with Crippen LogP contribution in [0.2, 0.25) is 0 Å². The fraction of sp³-hybridized carbons (Fsp3) is 0.560. The molecule has 2 rings (SSSR count). The van der Waals surface area contributed by atoms with Gasteiger partial charge in [-0.25, -0.2) is 0 Å². The molecule has 5 nitrogen and oxygen atoms in total. The molecular weight excluding hydrogens is 376 g/mol. The van der Waals surface area contributed by atoms with E-state index in [0.29, 0.717) is 13.2 Å². The highest BCUT2D eigenvalue weighted by Gasteiger charge is 2.35. The summed E-state index contributed by atoms with van der Waals surface area (Å²) < 4.78 is 10.9. The van der Waals surface area contributed by atoms with Crippen molar-refractivity contribution in [1.82, 2.24) is 10.2 Å². The third kappa shape index (κ3) is 6.36. The summed E-state index contributed by atoms with van der Waals surface area (Å²) in [7, 11) is 3.44. The third-order valence-electron chi connectivity index (χ3n) is 5.93. The lowest BCUT2D eigenvalue weighted by Crippen LogP contribution is -2.43. The molecule has 0 radical (unpaired) electrons. The minimum Gasteiger partial charge on any atom is -0.497 e. The molecule has 0 aliphatic carbocycles. The maximum Gasteiger partial charge on any atom is 0.222 e. The van der Waals surface area contributed by atoms with E-state index >= 15 is 0 Å². The lowest BCUT2D eigenvalue weighted by atomic mass is 9.74. The van der Waals surface area contributed by atoms with Crippen LogP contribution in [0.4, 0.5) is 0 Å². The SMILES string of the molecule is C/C=C\C=C(/COC)N1CCCC(CNC(=O)C(C)C)(c2cccc(OC)c2)CC1. The van der Waals surface area contributed by atoms with Gasteiger partial charge in [-0.3, -0.25) is 4.79 Å². The van der Waals surface area contributed by atoms with E-state index in [9.17, 15) is 4.79 Å². The average molecular weight is 415 g/mol. The Bertz CT molecular complexity index is 742.